The molecular formula is C19H23N3O2. The minimum absolute atomic E-state index is 0.0361. The third-order valence-corrected chi connectivity index (χ3v) is 5.61. The van der Waals surface area contributed by atoms with Crippen molar-refractivity contribution in [1.29, 1.82) is 0 Å². The minimum atomic E-state index is -0.837. The summed E-state index contributed by atoms with van der Waals surface area (Å²) in [6.07, 6.45) is 3.84. The summed E-state index contributed by atoms with van der Waals surface area (Å²) >= 11 is 0. The van der Waals surface area contributed by atoms with Crippen molar-refractivity contribution in [3.05, 3.63) is 40.6 Å². The third kappa shape index (κ3) is 1.95. The summed E-state index contributed by atoms with van der Waals surface area (Å²) < 4.78 is 1.90. The largest absolute Gasteiger partial charge is 0.307 e. The number of Topliss-reactive ketones (excluding diaryl/α,β-unsaturated/α-hetero) is 2. The van der Waals surface area contributed by atoms with Crippen LogP contribution < -0.4 is 0 Å². The second kappa shape index (κ2) is 4.66. The van der Waals surface area contributed by atoms with Gasteiger partial charge in [-0.15, -0.1) is 0 Å². The molecule has 0 unspecified atom stereocenters. The smallest absolute Gasteiger partial charge is 0.226 e. The van der Waals surface area contributed by atoms with E-state index in [0.717, 1.165) is 5.69 Å². The fourth-order valence-electron chi connectivity index (χ4n) is 4.28. The molecule has 0 saturated carbocycles. The maximum absolute atomic E-state index is 13.3. The molecule has 5 nitrogen and oxygen atoms in total. The van der Waals surface area contributed by atoms with Crippen molar-refractivity contribution >= 4 is 11.6 Å². The summed E-state index contributed by atoms with van der Waals surface area (Å²) in [5.74, 6) is -0.384. The summed E-state index contributed by atoms with van der Waals surface area (Å²) in [4.78, 5) is 29.3. The lowest BCUT2D eigenvalue weighted by Gasteiger charge is -2.49. The molecule has 2 aliphatic carbocycles. The van der Waals surface area contributed by atoms with Crippen LogP contribution in [0.4, 0.5) is 0 Å². The van der Waals surface area contributed by atoms with Gasteiger partial charge in [0, 0.05) is 10.8 Å². The Morgan fingerprint density at radius 3 is 2.42 bits per heavy atom. The molecule has 2 atom stereocenters. The number of nitrogens with zero attached hydrogens (tertiary/aromatic N) is 3. The number of aromatic nitrogens is 2. The lowest BCUT2D eigenvalue weighted by molar-refractivity contribution is -0.128. The highest BCUT2D eigenvalue weighted by molar-refractivity contribution is 6.09. The van der Waals surface area contributed by atoms with E-state index >= 15 is 0 Å². The van der Waals surface area contributed by atoms with Crippen molar-refractivity contribution in [3.63, 3.8) is 0 Å². The Morgan fingerprint density at radius 2 is 1.88 bits per heavy atom. The van der Waals surface area contributed by atoms with E-state index in [0.29, 0.717) is 12.0 Å². The maximum atomic E-state index is 13.3. The van der Waals surface area contributed by atoms with Gasteiger partial charge in [0.05, 0.1) is 29.6 Å². The van der Waals surface area contributed by atoms with E-state index in [2.05, 4.69) is 9.94 Å². The Bertz CT molecular complexity index is 830. The zero-order valence-electron chi connectivity index (χ0n) is 15.1. The predicted molar refractivity (Wildman–Crippen MR) is 90.3 cm³/mol. The van der Waals surface area contributed by atoms with Crippen molar-refractivity contribution in [2.24, 2.45) is 16.7 Å². The van der Waals surface area contributed by atoms with E-state index in [9.17, 15) is 9.59 Å². The van der Waals surface area contributed by atoms with E-state index in [1.165, 1.54) is 0 Å². The van der Waals surface area contributed by atoms with Crippen molar-refractivity contribution in [3.8, 4) is 0 Å². The van der Waals surface area contributed by atoms with Crippen molar-refractivity contribution in [2.75, 3.05) is 0 Å². The zero-order chi connectivity index (χ0) is 18.1. The van der Waals surface area contributed by atoms with E-state index in [1.54, 1.807) is 12.3 Å². The van der Waals surface area contributed by atoms with Crippen LogP contribution in [0.3, 0.4) is 0 Å². The molecule has 126 valence electrons. The number of hydrogen-bond acceptors (Lipinski definition) is 3. The van der Waals surface area contributed by atoms with Crippen molar-refractivity contribution < 1.29 is 9.59 Å². The highest BCUT2D eigenvalue weighted by Crippen LogP contribution is 2.54. The molecular weight excluding hydrogens is 302 g/mol. The maximum Gasteiger partial charge on any atom is 0.226 e. The lowest BCUT2D eigenvalue weighted by Crippen LogP contribution is -2.53. The highest BCUT2D eigenvalue weighted by atomic mass is 16.1. The molecule has 0 N–H and O–H groups in total. The second-order valence-electron chi connectivity index (χ2n) is 8.65. The van der Waals surface area contributed by atoms with Gasteiger partial charge in [-0.05, 0) is 40.0 Å². The quantitative estimate of drug-likeness (QED) is 0.687. The number of carbonyl (C=O) groups excluding carboxylic acids is 2. The Kier molecular flexibility index (Phi) is 3.23. The SMILES string of the molecule is [C-]#[N+]C1=C[C@]2(C)C(=O)c3cnn(C(C)(C)C)c3C[C@H]2C(C)(C)C1=O. The van der Waals surface area contributed by atoms with Gasteiger partial charge in [0.2, 0.25) is 5.70 Å². The van der Waals surface area contributed by atoms with Crippen LogP contribution in [-0.2, 0) is 16.8 Å². The number of allylic oxidation sites excluding steroid dienone is 2. The molecule has 1 aromatic heterocycles. The first-order chi connectivity index (χ1) is 10.9. The lowest BCUT2D eigenvalue weighted by atomic mass is 9.52. The molecule has 0 radical (unpaired) electrons. The summed E-state index contributed by atoms with van der Waals surface area (Å²) in [7, 11) is 0. The van der Waals surface area contributed by atoms with Crippen molar-refractivity contribution in [1.82, 2.24) is 9.78 Å². The van der Waals surface area contributed by atoms with Gasteiger partial charge in [-0.25, -0.2) is 4.85 Å². The standard InChI is InChI=1S/C19H23N3O2/c1-17(2,3)22-13-8-14-18(4,5)16(24)12(20-7)9-19(14,6)15(23)11(13)10-21-22/h9-10,14H,8H2,1-6H3/t14-,19-/m0/s1. The van der Waals surface area contributed by atoms with E-state index in [4.69, 9.17) is 6.57 Å². The molecule has 3 rings (SSSR count). The van der Waals surface area contributed by atoms with Crippen LogP contribution in [0.15, 0.2) is 18.0 Å². The Morgan fingerprint density at radius 1 is 1.25 bits per heavy atom. The first kappa shape index (κ1) is 16.6. The van der Waals surface area contributed by atoms with Gasteiger partial charge in [0.15, 0.2) is 11.6 Å². The monoisotopic (exact) mass is 325 g/mol. The second-order valence-corrected chi connectivity index (χ2v) is 8.65. The normalized spacial score (nSPS) is 28.7. The summed E-state index contributed by atoms with van der Waals surface area (Å²) in [5.41, 5.74) is -0.231. The van der Waals surface area contributed by atoms with E-state index < -0.39 is 10.8 Å². The van der Waals surface area contributed by atoms with Gasteiger partial charge in [-0.2, -0.15) is 5.10 Å². The first-order valence-corrected chi connectivity index (χ1v) is 8.22. The van der Waals surface area contributed by atoms with Gasteiger partial charge in [0.1, 0.15) is 0 Å². The summed E-state index contributed by atoms with van der Waals surface area (Å²) in [5, 5.41) is 4.44. The zero-order valence-corrected chi connectivity index (χ0v) is 15.1. The van der Waals surface area contributed by atoms with Crippen molar-refractivity contribution in [2.45, 2.75) is 53.5 Å². The van der Waals surface area contributed by atoms with E-state index in [1.807, 2.05) is 46.2 Å². The number of hydrogen-bond donors (Lipinski definition) is 0. The van der Waals surface area contributed by atoms with Gasteiger partial charge < -0.3 is 4.79 Å². The topological polar surface area (TPSA) is 56.3 Å². The van der Waals surface area contributed by atoms with Gasteiger partial charge in [0.25, 0.3) is 0 Å². The van der Waals surface area contributed by atoms with Crippen LogP contribution in [0.25, 0.3) is 4.85 Å². The van der Waals surface area contributed by atoms with Gasteiger partial charge in [-0.3, -0.25) is 9.48 Å². The minimum Gasteiger partial charge on any atom is -0.307 e. The van der Waals surface area contributed by atoms with Gasteiger partial charge >= 0.3 is 0 Å². The molecule has 0 aromatic carbocycles. The fourth-order valence-corrected chi connectivity index (χ4v) is 4.28. The number of fused-ring (bicyclic) bond motifs is 2. The molecule has 1 aromatic rings. The molecule has 1 heterocycles. The number of rotatable bonds is 0. The fraction of sp³-hybridized carbons (Fsp3) is 0.579. The molecule has 0 saturated heterocycles. The average molecular weight is 325 g/mol. The predicted octanol–water partition coefficient (Wildman–Crippen LogP) is 3.41. The van der Waals surface area contributed by atoms with Crippen LogP contribution in [-0.4, -0.2) is 21.3 Å². The Hall–Kier alpha value is -2.22. The van der Waals surface area contributed by atoms with Crippen LogP contribution in [0.1, 0.15) is 57.6 Å². The van der Waals surface area contributed by atoms with Gasteiger partial charge in [-0.1, -0.05) is 19.9 Å². The molecule has 0 amide bonds. The Balaban J connectivity index is 2.26. The van der Waals surface area contributed by atoms with E-state index in [-0.39, 0.29) is 28.7 Å². The van der Waals surface area contributed by atoms with Crippen LogP contribution >= 0.6 is 0 Å². The summed E-state index contributed by atoms with van der Waals surface area (Å²) in [6, 6.07) is 0. The van der Waals surface area contributed by atoms with Crippen LogP contribution in [0, 0.1) is 23.3 Å². The number of carbonyl (C=O) groups is 2. The first-order valence-electron chi connectivity index (χ1n) is 8.22. The average Bonchev–Trinajstić information content (AvgIpc) is 2.90. The third-order valence-electron chi connectivity index (χ3n) is 5.61. The molecule has 0 fully saturated rings. The van der Waals surface area contributed by atoms with Crippen LogP contribution in [0.2, 0.25) is 0 Å². The number of ketones is 2. The molecule has 24 heavy (non-hydrogen) atoms. The molecule has 2 aliphatic rings. The van der Waals surface area contributed by atoms with Crippen LogP contribution in [0.5, 0.6) is 0 Å². The molecule has 0 aliphatic heterocycles. The highest BCUT2D eigenvalue weighted by Gasteiger charge is 2.57. The molecule has 0 bridgehead atoms. The molecule has 5 heteroatoms. The molecule has 0 spiro atoms. The Labute approximate surface area is 142 Å². The summed E-state index contributed by atoms with van der Waals surface area (Å²) in [6.45, 7) is 19.0.